The molecule has 0 aromatic heterocycles. The summed E-state index contributed by atoms with van der Waals surface area (Å²) in [5.41, 5.74) is 4.27. The van der Waals surface area contributed by atoms with Gasteiger partial charge in [-0.2, -0.15) is 0 Å². The largest absolute Gasteiger partial charge is 1.00 e. The van der Waals surface area contributed by atoms with E-state index in [1.165, 1.54) is 6.07 Å². The maximum Gasteiger partial charge on any atom is 0.358 e. The molecule has 0 spiro atoms. The number of anilines is 2. The van der Waals surface area contributed by atoms with Gasteiger partial charge in [0.05, 0.1) is 18.2 Å². The minimum atomic E-state index is -1.10. The third kappa shape index (κ3) is 8.87. The molecular formula is C37H42ClN5O8S. The molecule has 13 nitrogen and oxygen atoms in total. The Balaban J connectivity index is 0.00000605. The van der Waals surface area contributed by atoms with Gasteiger partial charge in [-0.15, -0.1) is 5.06 Å². The molecule has 276 valence electrons. The fourth-order valence-electron chi connectivity index (χ4n) is 6.10. The Morgan fingerprint density at radius 1 is 0.962 bits per heavy atom. The third-order valence-corrected chi connectivity index (χ3v) is 8.92. The molecule has 0 saturated carbocycles. The molecule has 1 fully saturated rings. The van der Waals surface area contributed by atoms with Crippen molar-refractivity contribution in [3.8, 4) is 22.5 Å². The standard InChI is InChI=1S/C37H41N5O8S.ClH/c1-5-40(6-2)24-10-13-27-30(20-24)49-31-21-25(41(7-3)8-4)11-14-28(31)35(27)26-12-9-23(19-29(26)36(46)47)39-37(51)38-17-18-48-22-34(45)50-42-32(43)15-16-33(42)44;/h9-14,19-21H,5-8,15-18,22H2,1-4H3,(H2,38,46,47,51);1H. The molecular weight excluding hydrogens is 710 g/mol. The Bertz CT molecular complexity index is 2010. The van der Waals surface area contributed by atoms with Crippen LogP contribution in [0.2, 0.25) is 0 Å². The lowest BCUT2D eigenvalue weighted by Crippen LogP contribution is -3.00. The van der Waals surface area contributed by atoms with Crippen LogP contribution in [0.4, 0.5) is 11.4 Å². The van der Waals surface area contributed by atoms with E-state index >= 15 is 0 Å². The number of hydrogen-bond acceptors (Lipinski definition) is 9. The molecule has 1 aliphatic carbocycles. The number of benzene rings is 3. The van der Waals surface area contributed by atoms with E-state index in [1.807, 2.05) is 36.4 Å². The highest BCUT2D eigenvalue weighted by atomic mass is 35.5. The third-order valence-electron chi connectivity index (χ3n) is 8.67. The fraction of sp³-hybridized carbons (Fsp3) is 0.351. The van der Waals surface area contributed by atoms with Crippen LogP contribution in [-0.2, 0) is 24.0 Å². The Morgan fingerprint density at radius 2 is 1.65 bits per heavy atom. The predicted molar refractivity (Wildman–Crippen MR) is 197 cm³/mol. The zero-order chi connectivity index (χ0) is 36.7. The molecule has 52 heavy (non-hydrogen) atoms. The summed E-state index contributed by atoms with van der Waals surface area (Å²) >= 11 is 5.41. The van der Waals surface area contributed by atoms with Crippen LogP contribution < -0.4 is 37.9 Å². The van der Waals surface area contributed by atoms with Crippen molar-refractivity contribution in [2.45, 2.75) is 40.5 Å². The first-order valence-electron chi connectivity index (χ1n) is 17.0. The van der Waals surface area contributed by atoms with Crippen LogP contribution in [-0.4, -0.2) is 85.0 Å². The van der Waals surface area contributed by atoms with Gasteiger partial charge in [0, 0.05) is 72.5 Å². The Kier molecular flexibility index (Phi) is 13.7. The van der Waals surface area contributed by atoms with Crippen molar-refractivity contribution < 1.29 is 50.7 Å². The van der Waals surface area contributed by atoms with Crippen molar-refractivity contribution in [2.24, 2.45) is 0 Å². The number of nitrogens with zero attached hydrogens (tertiary/aromatic N) is 3. The topological polar surface area (TPSA) is 154 Å². The summed E-state index contributed by atoms with van der Waals surface area (Å²) in [7, 11) is 0. The molecule has 0 bridgehead atoms. The smallest absolute Gasteiger partial charge is 0.358 e. The molecule has 2 aromatic carbocycles. The lowest BCUT2D eigenvalue weighted by Gasteiger charge is -2.22. The minimum Gasteiger partial charge on any atom is -1.00 e. The van der Waals surface area contributed by atoms with Crippen LogP contribution in [0.15, 0.2) is 59.0 Å². The number of ether oxygens (including phenoxy) is 1. The molecule has 5 rings (SSSR count). The number of halogens is 1. The first-order valence-corrected chi connectivity index (χ1v) is 17.4. The number of thiocarbonyl (C=S) groups is 1. The molecule has 2 aliphatic heterocycles. The number of imide groups is 1. The second-order valence-electron chi connectivity index (χ2n) is 11.7. The molecule has 2 aromatic rings. The van der Waals surface area contributed by atoms with Gasteiger partial charge in [-0.05, 0) is 75.8 Å². The maximum atomic E-state index is 12.8. The fourth-order valence-corrected chi connectivity index (χ4v) is 6.32. The van der Waals surface area contributed by atoms with Gasteiger partial charge in [0.15, 0.2) is 5.11 Å². The van der Waals surface area contributed by atoms with Gasteiger partial charge in [0.1, 0.15) is 31.0 Å². The number of carbonyl (C=O) groups excluding carboxylic acids is 3. The van der Waals surface area contributed by atoms with Gasteiger partial charge < -0.3 is 47.0 Å². The van der Waals surface area contributed by atoms with E-state index in [2.05, 4.69) is 47.8 Å². The zero-order valence-electron chi connectivity index (χ0n) is 29.5. The summed E-state index contributed by atoms with van der Waals surface area (Å²) in [6.07, 6.45) is 0.00844. The lowest BCUT2D eigenvalue weighted by atomic mass is 9.90. The molecule has 1 saturated heterocycles. The Labute approximate surface area is 312 Å². The van der Waals surface area contributed by atoms with Crippen molar-refractivity contribution >= 4 is 63.4 Å². The number of carboxylic acid groups (broad SMARTS) is 1. The predicted octanol–water partition coefficient (Wildman–Crippen LogP) is 1.48. The van der Waals surface area contributed by atoms with Crippen LogP contribution in [0.25, 0.3) is 33.4 Å². The zero-order valence-corrected chi connectivity index (χ0v) is 31.1. The van der Waals surface area contributed by atoms with E-state index in [0.29, 0.717) is 27.7 Å². The van der Waals surface area contributed by atoms with Crippen LogP contribution >= 0.6 is 12.2 Å². The van der Waals surface area contributed by atoms with Gasteiger partial charge >= 0.3 is 11.9 Å². The molecule has 3 N–H and O–H groups in total. The summed E-state index contributed by atoms with van der Waals surface area (Å²) in [6.45, 7) is 11.5. The van der Waals surface area contributed by atoms with Gasteiger partial charge in [-0.3, -0.25) is 9.59 Å². The number of hydroxylamine groups is 2. The number of carbonyl (C=O) groups is 4. The molecule has 0 radical (unpaired) electrons. The van der Waals surface area contributed by atoms with E-state index in [0.717, 1.165) is 53.7 Å². The number of hydrogen-bond donors (Lipinski definition) is 3. The van der Waals surface area contributed by atoms with Crippen LogP contribution in [0.1, 0.15) is 50.9 Å². The van der Waals surface area contributed by atoms with E-state index < -0.39 is 30.4 Å². The van der Waals surface area contributed by atoms with Crippen LogP contribution in [0.3, 0.4) is 0 Å². The first-order chi connectivity index (χ1) is 24.6. The van der Waals surface area contributed by atoms with E-state index in [-0.39, 0.29) is 49.1 Å². The highest BCUT2D eigenvalue weighted by molar-refractivity contribution is 7.80. The monoisotopic (exact) mass is 751 g/mol. The Hall–Kier alpha value is -5.05. The summed E-state index contributed by atoms with van der Waals surface area (Å²) < 4.78 is 14.0. The highest BCUT2D eigenvalue weighted by Crippen LogP contribution is 2.42. The van der Waals surface area contributed by atoms with Crippen molar-refractivity contribution in [1.29, 1.82) is 0 Å². The number of rotatable bonds is 14. The van der Waals surface area contributed by atoms with Gasteiger partial charge in [-0.25, -0.2) is 14.2 Å². The average Bonchev–Trinajstić information content (AvgIpc) is 3.43. The number of amides is 2. The highest BCUT2D eigenvalue weighted by Gasteiger charge is 2.32. The minimum absolute atomic E-state index is 0. The van der Waals surface area contributed by atoms with Crippen molar-refractivity contribution in [3.63, 3.8) is 0 Å². The Morgan fingerprint density at radius 3 is 2.31 bits per heavy atom. The summed E-state index contributed by atoms with van der Waals surface area (Å²) in [4.78, 5) is 54.9. The quantitative estimate of drug-likeness (QED) is 0.0563. The molecule has 0 unspecified atom stereocenters. The summed E-state index contributed by atoms with van der Waals surface area (Å²) in [5, 5.41) is 18.9. The number of fused-ring (bicyclic) bond motifs is 2. The second kappa shape index (κ2) is 17.9. The van der Waals surface area contributed by atoms with Crippen LogP contribution in [0.5, 0.6) is 0 Å². The molecule has 2 heterocycles. The van der Waals surface area contributed by atoms with E-state index in [9.17, 15) is 24.3 Å². The molecule has 3 aliphatic rings. The SMILES string of the molecule is CCN(CC)c1ccc2c(-c3ccc(NC(=S)NCCOCC(=O)ON4C(=O)CCC4=O)cc3C(=O)O)c3ccc(=[N+](CC)CC)cc-3oc2c1.[Cl-]. The van der Waals surface area contributed by atoms with Gasteiger partial charge in [0.2, 0.25) is 5.36 Å². The second-order valence-corrected chi connectivity index (χ2v) is 12.1. The van der Waals surface area contributed by atoms with Crippen molar-refractivity contribution in [2.75, 3.05) is 56.2 Å². The summed E-state index contributed by atoms with van der Waals surface area (Å²) in [6, 6.07) is 17.1. The van der Waals surface area contributed by atoms with Gasteiger partial charge in [-0.1, -0.05) is 6.07 Å². The van der Waals surface area contributed by atoms with E-state index in [1.54, 1.807) is 12.1 Å². The molecule has 15 heteroatoms. The van der Waals surface area contributed by atoms with Crippen molar-refractivity contribution in [3.05, 3.63) is 65.5 Å². The van der Waals surface area contributed by atoms with Crippen LogP contribution in [0, 0.1) is 0 Å². The van der Waals surface area contributed by atoms with E-state index in [4.69, 9.17) is 26.2 Å². The average molecular weight is 752 g/mol. The summed E-state index contributed by atoms with van der Waals surface area (Å²) in [5.74, 6) is -2.47. The normalized spacial score (nSPS) is 12.5. The number of nitrogens with one attached hydrogen (secondary N) is 2. The molecule has 0 atom stereocenters. The maximum absolute atomic E-state index is 12.8. The number of aromatic carboxylic acids is 1. The lowest BCUT2D eigenvalue weighted by molar-refractivity contribution is -0.200. The van der Waals surface area contributed by atoms with Gasteiger partial charge in [0.25, 0.3) is 11.8 Å². The first kappa shape index (κ1) is 39.7. The molecule has 2 amide bonds. The van der Waals surface area contributed by atoms with Crippen molar-refractivity contribution in [1.82, 2.24) is 15.0 Å². The number of carboxylic acids is 1.